The van der Waals surface area contributed by atoms with Crippen LogP contribution in [0, 0.1) is 6.92 Å². The normalized spacial score (nSPS) is 10.8. The highest BCUT2D eigenvalue weighted by Gasteiger charge is 2.15. The third-order valence-electron chi connectivity index (χ3n) is 5.20. The number of thioether (sulfide) groups is 1. The number of halogens is 1. The van der Waals surface area contributed by atoms with Crippen molar-refractivity contribution >= 4 is 40.6 Å². The molecule has 1 amide bonds. The van der Waals surface area contributed by atoms with Crippen LogP contribution in [-0.4, -0.2) is 26.4 Å². The molecular formula is C26H26ClN5OS. The number of aromatic nitrogens is 3. The summed E-state index contributed by atoms with van der Waals surface area (Å²) in [4.78, 5) is 12.5. The van der Waals surface area contributed by atoms with E-state index < -0.39 is 0 Å². The highest BCUT2D eigenvalue weighted by atomic mass is 35.5. The molecule has 0 bridgehead atoms. The van der Waals surface area contributed by atoms with Gasteiger partial charge in [0.15, 0.2) is 11.0 Å². The molecule has 3 aromatic carbocycles. The Morgan fingerprint density at radius 1 is 0.971 bits per heavy atom. The first-order chi connectivity index (χ1) is 16.6. The fraction of sp³-hybridized carbons (Fsp3) is 0.192. The maximum absolute atomic E-state index is 12.5. The standard InChI is InChI=1S/C26H26ClN5OS/c1-19-10-12-22(13-11-19)29-25(33)18-34-26-31-30-24(17-28-23-9-5-8-21(27)16-23)32(26)15-14-20-6-3-2-4-7-20/h2-13,16,28H,14-15,17-18H2,1H3,(H,29,33). The number of benzene rings is 3. The minimum Gasteiger partial charge on any atom is -0.378 e. The molecule has 0 aliphatic carbocycles. The Balaban J connectivity index is 1.43. The number of anilines is 2. The van der Waals surface area contributed by atoms with Gasteiger partial charge in [0.05, 0.1) is 12.3 Å². The summed E-state index contributed by atoms with van der Waals surface area (Å²) >= 11 is 7.49. The first kappa shape index (κ1) is 23.9. The number of nitrogens with one attached hydrogen (secondary N) is 2. The van der Waals surface area contributed by atoms with Crippen molar-refractivity contribution in [1.29, 1.82) is 0 Å². The summed E-state index contributed by atoms with van der Waals surface area (Å²) in [6.45, 7) is 3.23. The largest absolute Gasteiger partial charge is 0.378 e. The smallest absolute Gasteiger partial charge is 0.234 e. The van der Waals surface area contributed by atoms with E-state index in [1.54, 1.807) is 0 Å². The Morgan fingerprint density at radius 3 is 2.53 bits per heavy atom. The number of carbonyl (C=O) groups excluding carboxylic acids is 1. The van der Waals surface area contributed by atoms with E-state index in [1.165, 1.54) is 17.3 Å². The second-order valence-electron chi connectivity index (χ2n) is 7.85. The van der Waals surface area contributed by atoms with Crippen molar-refractivity contribution in [1.82, 2.24) is 14.8 Å². The molecule has 4 rings (SSSR count). The molecule has 34 heavy (non-hydrogen) atoms. The van der Waals surface area contributed by atoms with Crippen molar-refractivity contribution in [3.05, 3.63) is 101 Å². The Bertz CT molecular complexity index is 1230. The van der Waals surface area contributed by atoms with E-state index in [1.807, 2.05) is 73.7 Å². The van der Waals surface area contributed by atoms with Crippen LogP contribution in [0.5, 0.6) is 0 Å². The molecule has 174 valence electrons. The Labute approximate surface area is 208 Å². The monoisotopic (exact) mass is 491 g/mol. The number of rotatable bonds is 10. The maximum atomic E-state index is 12.5. The molecule has 0 radical (unpaired) electrons. The van der Waals surface area contributed by atoms with Gasteiger partial charge in [-0.15, -0.1) is 10.2 Å². The molecule has 0 unspecified atom stereocenters. The van der Waals surface area contributed by atoms with Crippen LogP contribution >= 0.6 is 23.4 Å². The summed E-state index contributed by atoms with van der Waals surface area (Å²) in [7, 11) is 0. The summed E-state index contributed by atoms with van der Waals surface area (Å²) in [6.07, 6.45) is 0.839. The molecule has 0 aliphatic heterocycles. The first-order valence-corrected chi connectivity index (χ1v) is 12.4. The number of hydrogen-bond donors (Lipinski definition) is 2. The fourth-order valence-electron chi connectivity index (χ4n) is 3.41. The fourth-order valence-corrected chi connectivity index (χ4v) is 4.38. The van der Waals surface area contributed by atoms with E-state index in [4.69, 9.17) is 11.6 Å². The Hall–Kier alpha value is -3.29. The van der Waals surface area contributed by atoms with E-state index >= 15 is 0 Å². The molecule has 0 fully saturated rings. The molecule has 6 nitrogen and oxygen atoms in total. The van der Waals surface area contributed by atoms with E-state index in [9.17, 15) is 4.79 Å². The average Bonchev–Trinajstić information content (AvgIpc) is 3.24. The van der Waals surface area contributed by atoms with Gasteiger partial charge in [-0.3, -0.25) is 4.79 Å². The van der Waals surface area contributed by atoms with Gasteiger partial charge in [0.25, 0.3) is 0 Å². The molecule has 0 saturated carbocycles. The van der Waals surface area contributed by atoms with Gasteiger partial charge < -0.3 is 15.2 Å². The zero-order chi connectivity index (χ0) is 23.8. The number of carbonyl (C=O) groups is 1. The van der Waals surface area contributed by atoms with Gasteiger partial charge in [-0.1, -0.05) is 77.5 Å². The van der Waals surface area contributed by atoms with Crippen LogP contribution in [0.2, 0.25) is 5.02 Å². The summed E-state index contributed by atoms with van der Waals surface area (Å²) in [5.41, 5.74) is 4.08. The molecule has 0 atom stereocenters. The van der Waals surface area contributed by atoms with Crippen molar-refractivity contribution in [3.63, 3.8) is 0 Å². The second-order valence-corrected chi connectivity index (χ2v) is 9.23. The van der Waals surface area contributed by atoms with E-state index in [0.717, 1.165) is 34.3 Å². The molecule has 1 heterocycles. The van der Waals surface area contributed by atoms with E-state index in [2.05, 4.69) is 37.5 Å². The van der Waals surface area contributed by atoms with Crippen LogP contribution < -0.4 is 10.6 Å². The summed E-state index contributed by atoms with van der Waals surface area (Å²) in [5, 5.41) is 16.5. The zero-order valence-corrected chi connectivity index (χ0v) is 20.4. The highest BCUT2D eigenvalue weighted by molar-refractivity contribution is 7.99. The van der Waals surface area contributed by atoms with Gasteiger partial charge in [0.1, 0.15) is 0 Å². The Morgan fingerprint density at radius 2 is 1.76 bits per heavy atom. The lowest BCUT2D eigenvalue weighted by Crippen LogP contribution is -2.15. The number of amides is 1. The molecule has 8 heteroatoms. The second kappa shape index (κ2) is 11.7. The lowest BCUT2D eigenvalue weighted by molar-refractivity contribution is -0.113. The van der Waals surface area contributed by atoms with Crippen molar-refractivity contribution < 1.29 is 4.79 Å². The van der Waals surface area contributed by atoms with Crippen LogP contribution in [0.15, 0.2) is 84.0 Å². The van der Waals surface area contributed by atoms with Gasteiger partial charge in [0.2, 0.25) is 5.91 Å². The molecule has 0 saturated heterocycles. The minimum absolute atomic E-state index is 0.0786. The third-order valence-corrected chi connectivity index (χ3v) is 6.41. The van der Waals surface area contributed by atoms with Gasteiger partial charge in [0, 0.05) is 22.9 Å². The van der Waals surface area contributed by atoms with Crippen molar-refractivity contribution in [2.24, 2.45) is 0 Å². The topological polar surface area (TPSA) is 71.8 Å². The molecule has 2 N–H and O–H groups in total. The van der Waals surface area contributed by atoms with Crippen molar-refractivity contribution in [3.8, 4) is 0 Å². The SMILES string of the molecule is Cc1ccc(NC(=O)CSc2nnc(CNc3cccc(Cl)c3)n2CCc2ccccc2)cc1. The number of nitrogens with zero attached hydrogens (tertiary/aromatic N) is 3. The predicted octanol–water partition coefficient (Wildman–Crippen LogP) is 5.83. The van der Waals surface area contributed by atoms with Crippen LogP contribution in [0.4, 0.5) is 11.4 Å². The van der Waals surface area contributed by atoms with E-state index in [-0.39, 0.29) is 11.7 Å². The minimum atomic E-state index is -0.0786. The summed E-state index contributed by atoms with van der Waals surface area (Å²) in [5.74, 6) is 0.974. The quantitative estimate of drug-likeness (QED) is 0.273. The highest BCUT2D eigenvalue weighted by Crippen LogP contribution is 2.21. The van der Waals surface area contributed by atoms with Gasteiger partial charge >= 0.3 is 0 Å². The molecule has 0 aliphatic rings. The van der Waals surface area contributed by atoms with Crippen LogP contribution in [0.1, 0.15) is 17.0 Å². The zero-order valence-electron chi connectivity index (χ0n) is 18.9. The maximum Gasteiger partial charge on any atom is 0.234 e. The predicted molar refractivity (Wildman–Crippen MR) is 139 cm³/mol. The third kappa shape index (κ3) is 6.85. The Kier molecular flexibility index (Phi) is 8.22. The van der Waals surface area contributed by atoms with Crippen LogP contribution in [0.25, 0.3) is 0 Å². The van der Waals surface area contributed by atoms with Crippen molar-refractivity contribution in [2.45, 2.75) is 31.6 Å². The summed E-state index contributed by atoms with van der Waals surface area (Å²) in [6, 6.07) is 25.6. The van der Waals surface area contributed by atoms with E-state index in [0.29, 0.717) is 18.1 Å². The summed E-state index contributed by atoms with van der Waals surface area (Å²) < 4.78 is 2.08. The number of aryl methyl sites for hydroxylation is 2. The first-order valence-electron chi connectivity index (χ1n) is 11.0. The van der Waals surface area contributed by atoms with Gasteiger partial charge in [-0.2, -0.15) is 0 Å². The number of hydrogen-bond acceptors (Lipinski definition) is 5. The van der Waals surface area contributed by atoms with Crippen LogP contribution in [-0.2, 0) is 24.3 Å². The molecule has 4 aromatic rings. The van der Waals surface area contributed by atoms with Gasteiger partial charge in [-0.25, -0.2) is 0 Å². The molecule has 0 spiro atoms. The lowest BCUT2D eigenvalue weighted by atomic mass is 10.1. The van der Waals surface area contributed by atoms with Crippen molar-refractivity contribution in [2.75, 3.05) is 16.4 Å². The van der Waals surface area contributed by atoms with Crippen LogP contribution in [0.3, 0.4) is 0 Å². The molecule has 1 aromatic heterocycles. The molecular weight excluding hydrogens is 466 g/mol. The van der Waals surface area contributed by atoms with Gasteiger partial charge in [-0.05, 0) is 49.2 Å². The lowest BCUT2D eigenvalue weighted by Gasteiger charge is -2.12. The average molecular weight is 492 g/mol.